The van der Waals surface area contributed by atoms with Crippen LogP contribution in [0.2, 0.25) is 0 Å². The number of nitrogens with zero attached hydrogens (tertiary/aromatic N) is 5. The van der Waals surface area contributed by atoms with Crippen LogP contribution in [0, 0.1) is 0 Å². The molecule has 2 aliphatic rings. The summed E-state index contributed by atoms with van der Waals surface area (Å²) in [6.45, 7) is 5.94. The van der Waals surface area contributed by atoms with Crippen LogP contribution in [0.5, 0.6) is 0 Å². The van der Waals surface area contributed by atoms with Crippen LogP contribution in [0.1, 0.15) is 37.8 Å². The predicted molar refractivity (Wildman–Crippen MR) is 80.0 cm³/mol. The zero-order valence-electron chi connectivity index (χ0n) is 12.6. The number of nitrogens with one attached hydrogen (secondary N) is 1. The molecule has 116 valence electrons. The molecule has 0 saturated carbocycles. The van der Waals surface area contributed by atoms with E-state index < -0.39 is 0 Å². The number of guanidine groups is 1. The number of aliphatic hydroxyl groups excluding tert-OH is 1. The lowest BCUT2D eigenvalue weighted by atomic mass is 10.2. The lowest BCUT2D eigenvalue weighted by Gasteiger charge is -2.21. The molecule has 0 spiro atoms. The maximum atomic E-state index is 9.68. The van der Waals surface area contributed by atoms with Crippen molar-refractivity contribution in [1.82, 2.24) is 25.0 Å². The summed E-state index contributed by atoms with van der Waals surface area (Å²) in [6.07, 6.45) is 3.99. The number of aliphatic imine (C=N–C) groups is 1. The summed E-state index contributed by atoms with van der Waals surface area (Å²) in [5, 5.41) is 21.5. The molecule has 0 aliphatic carbocycles. The fraction of sp³-hybridized carbons (Fsp3) is 0.786. The van der Waals surface area contributed by atoms with Crippen molar-refractivity contribution in [2.24, 2.45) is 4.99 Å². The third kappa shape index (κ3) is 3.18. The van der Waals surface area contributed by atoms with Crippen molar-refractivity contribution in [2.75, 3.05) is 19.6 Å². The molecule has 1 saturated heterocycles. The average Bonchev–Trinajstić information content (AvgIpc) is 3.10. The van der Waals surface area contributed by atoms with Gasteiger partial charge in [0.25, 0.3) is 0 Å². The summed E-state index contributed by atoms with van der Waals surface area (Å²) in [5.41, 5.74) is 0. The second kappa shape index (κ2) is 6.43. The number of aryl methyl sites for hydroxylation is 1. The van der Waals surface area contributed by atoms with Crippen molar-refractivity contribution in [3.8, 4) is 0 Å². The maximum Gasteiger partial charge on any atom is 0.194 e. The Hall–Kier alpha value is -1.63. The Bertz CT molecular complexity index is 512. The van der Waals surface area contributed by atoms with Gasteiger partial charge in [-0.3, -0.25) is 0 Å². The predicted octanol–water partition coefficient (Wildman–Crippen LogP) is 0.147. The maximum absolute atomic E-state index is 9.68. The van der Waals surface area contributed by atoms with Crippen LogP contribution >= 0.6 is 0 Å². The summed E-state index contributed by atoms with van der Waals surface area (Å²) in [7, 11) is 0. The minimum atomic E-state index is -0.241. The number of β-amino-alcohol motifs (C(OH)–C–C–N with tert-alkyl or cyclic N) is 1. The summed E-state index contributed by atoms with van der Waals surface area (Å²) in [6, 6.07) is 0. The summed E-state index contributed by atoms with van der Waals surface area (Å²) >= 11 is 0. The molecule has 1 aromatic rings. The topological polar surface area (TPSA) is 78.6 Å². The van der Waals surface area contributed by atoms with Crippen molar-refractivity contribution in [3.05, 3.63) is 11.6 Å². The molecule has 2 N–H and O–H groups in total. The van der Waals surface area contributed by atoms with Gasteiger partial charge < -0.3 is 19.9 Å². The van der Waals surface area contributed by atoms with E-state index in [-0.39, 0.29) is 6.10 Å². The Labute approximate surface area is 125 Å². The zero-order valence-corrected chi connectivity index (χ0v) is 12.6. The second-order valence-electron chi connectivity index (χ2n) is 5.70. The van der Waals surface area contributed by atoms with E-state index in [1.165, 1.54) is 12.8 Å². The molecule has 0 aromatic carbocycles. The fourth-order valence-electron chi connectivity index (χ4n) is 2.99. The molecule has 0 amide bonds. The van der Waals surface area contributed by atoms with Crippen LogP contribution in [0.25, 0.3) is 0 Å². The lowest BCUT2D eigenvalue weighted by Crippen LogP contribution is -2.40. The number of fused-ring (bicyclic) bond motifs is 1. The van der Waals surface area contributed by atoms with E-state index in [1.807, 2.05) is 0 Å². The number of rotatable bonds is 3. The normalized spacial score (nSPS) is 22.5. The van der Waals surface area contributed by atoms with Gasteiger partial charge in [0.1, 0.15) is 12.4 Å². The van der Waals surface area contributed by atoms with E-state index in [9.17, 15) is 5.11 Å². The quantitative estimate of drug-likeness (QED) is 0.612. The molecule has 1 aromatic heterocycles. The number of hydrogen-bond acceptors (Lipinski definition) is 4. The van der Waals surface area contributed by atoms with Crippen molar-refractivity contribution < 1.29 is 5.11 Å². The van der Waals surface area contributed by atoms with Gasteiger partial charge in [0.2, 0.25) is 0 Å². The van der Waals surface area contributed by atoms with Crippen LogP contribution < -0.4 is 5.32 Å². The van der Waals surface area contributed by atoms with E-state index >= 15 is 0 Å². The van der Waals surface area contributed by atoms with Gasteiger partial charge in [-0.15, -0.1) is 10.2 Å². The zero-order chi connectivity index (χ0) is 14.7. The lowest BCUT2D eigenvalue weighted by molar-refractivity contribution is 0.188. The van der Waals surface area contributed by atoms with Gasteiger partial charge in [-0.05, 0) is 26.2 Å². The Morgan fingerprint density at radius 1 is 1.38 bits per heavy atom. The van der Waals surface area contributed by atoms with Gasteiger partial charge in [-0.1, -0.05) is 0 Å². The van der Waals surface area contributed by atoms with E-state index in [4.69, 9.17) is 0 Å². The number of hydrogen-bond donors (Lipinski definition) is 2. The third-order valence-corrected chi connectivity index (χ3v) is 4.10. The summed E-state index contributed by atoms with van der Waals surface area (Å²) in [5.74, 6) is 2.90. The second-order valence-corrected chi connectivity index (χ2v) is 5.70. The van der Waals surface area contributed by atoms with Crippen LogP contribution in [0.4, 0.5) is 0 Å². The molecular weight excluding hydrogens is 268 g/mol. The summed E-state index contributed by atoms with van der Waals surface area (Å²) in [4.78, 5) is 6.79. The fourth-order valence-corrected chi connectivity index (χ4v) is 2.99. The van der Waals surface area contributed by atoms with Gasteiger partial charge in [-0.2, -0.15) is 0 Å². The van der Waals surface area contributed by atoms with E-state index in [2.05, 4.69) is 36.9 Å². The van der Waals surface area contributed by atoms with Gasteiger partial charge in [-0.25, -0.2) is 4.99 Å². The van der Waals surface area contributed by atoms with Crippen LogP contribution in [0.15, 0.2) is 4.99 Å². The number of likely N-dealkylation sites (tertiary alicyclic amines) is 1. The molecule has 2 aliphatic heterocycles. The standard InChI is InChI=1S/C14H24N6O/c1-2-15-14(19-8-6-11(21)10-19)16-9-13-18-17-12-5-3-4-7-20(12)13/h11,21H,2-10H2,1H3,(H,15,16)/t11-/m1/s1. The Balaban J connectivity index is 1.71. The Morgan fingerprint density at radius 2 is 2.29 bits per heavy atom. The Morgan fingerprint density at radius 3 is 3.05 bits per heavy atom. The van der Waals surface area contributed by atoms with Crippen LogP contribution in [-0.2, 0) is 19.5 Å². The number of aromatic nitrogens is 3. The molecule has 1 fully saturated rings. The molecular formula is C14H24N6O. The third-order valence-electron chi connectivity index (χ3n) is 4.10. The molecule has 7 nitrogen and oxygen atoms in total. The van der Waals surface area contributed by atoms with Gasteiger partial charge in [0.15, 0.2) is 11.8 Å². The SMILES string of the molecule is CCNC(=NCc1nnc2n1CCCC2)N1CC[C@@H](O)C1. The van der Waals surface area contributed by atoms with Crippen molar-refractivity contribution >= 4 is 5.96 Å². The molecule has 0 radical (unpaired) electrons. The van der Waals surface area contributed by atoms with E-state index in [0.717, 1.165) is 50.1 Å². The molecule has 3 heterocycles. The largest absolute Gasteiger partial charge is 0.391 e. The first-order chi connectivity index (χ1) is 10.3. The highest BCUT2D eigenvalue weighted by atomic mass is 16.3. The molecule has 7 heteroatoms. The summed E-state index contributed by atoms with van der Waals surface area (Å²) < 4.78 is 2.20. The monoisotopic (exact) mass is 292 g/mol. The molecule has 21 heavy (non-hydrogen) atoms. The minimum Gasteiger partial charge on any atom is -0.391 e. The highest BCUT2D eigenvalue weighted by Crippen LogP contribution is 2.15. The van der Waals surface area contributed by atoms with Crippen molar-refractivity contribution in [2.45, 2.75) is 51.8 Å². The van der Waals surface area contributed by atoms with Gasteiger partial charge in [0.05, 0.1) is 6.10 Å². The highest BCUT2D eigenvalue weighted by Gasteiger charge is 2.23. The smallest absolute Gasteiger partial charge is 0.194 e. The minimum absolute atomic E-state index is 0.241. The van der Waals surface area contributed by atoms with Crippen molar-refractivity contribution in [1.29, 1.82) is 0 Å². The van der Waals surface area contributed by atoms with Crippen molar-refractivity contribution in [3.63, 3.8) is 0 Å². The van der Waals surface area contributed by atoms with Crippen LogP contribution in [-0.4, -0.2) is 56.5 Å². The highest BCUT2D eigenvalue weighted by molar-refractivity contribution is 5.80. The Kier molecular flexibility index (Phi) is 4.38. The van der Waals surface area contributed by atoms with Gasteiger partial charge in [0, 0.05) is 32.6 Å². The molecule has 0 bridgehead atoms. The average molecular weight is 292 g/mol. The van der Waals surface area contributed by atoms with E-state index in [1.54, 1.807) is 0 Å². The van der Waals surface area contributed by atoms with Gasteiger partial charge >= 0.3 is 0 Å². The molecule has 0 unspecified atom stereocenters. The van der Waals surface area contributed by atoms with Crippen LogP contribution in [0.3, 0.4) is 0 Å². The first kappa shape index (κ1) is 14.3. The number of aliphatic hydroxyl groups is 1. The first-order valence-electron chi connectivity index (χ1n) is 7.90. The molecule has 1 atom stereocenters. The van der Waals surface area contributed by atoms with E-state index in [0.29, 0.717) is 13.1 Å². The first-order valence-corrected chi connectivity index (χ1v) is 7.90. The molecule has 3 rings (SSSR count).